The standard InChI is InChI=1S/C19H23BrN2O3S/c1-25-18-9-15(16(20)11-17(18)23)10-19(24)22-5-2-4-21(6-7-22)12-14-3-8-26-13-14/h3,8-9,11,13,23H,2,4-7,10,12H2,1H3. The van der Waals surface area contributed by atoms with Gasteiger partial charge in [-0.2, -0.15) is 11.3 Å². The van der Waals surface area contributed by atoms with Crippen LogP contribution in [0.1, 0.15) is 17.5 Å². The van der Waals surface area contributed by atoms with Gasteiger partial charge < -0.3 is 14.7 Å². The molecule has 1 aliphatic rings. The van der Waals surface area contributed by atoms with Crippen LogP contribution in [-0.2, 0) is 17.8 Å². The number of hydrogen-bond donors (Lipinski definition) is 1. The number of halogens is 1. The van der Waals surface area contributed by atoms with E-state index in [9.17, 15) is 9.90 Å². The molecule has 26 heavy (non-hydrogen) atoms. The molecule has 140 valence electrons. The van der Waals surface area contributed by atoms with Crippen molar-refractivity contribution in [1.82, 2.24) is 9.80 Å². The Morgan fingerprint density at radius 1 is 1.31 bits per heavy atom. The number of aromatic hydroxyl groups is 1. The molecule has 1 saturated heterocycles. The van der Waals surface area contributed by atoms with E-state index in [2.05, 4.69) is 37.7 Å². The monoisotopic (exact) mass is 438 g/mol. The second-order valence-corrected chi connectivity index (χ2v) is 8.07. The lowest BCUT2D eigenvalue weighted by Crippen LogP contribution is -2.36. The lowest BCUT2D eigenvalue weighted by molar-refractivity contribution is -0.130. The van der Waals surface area contributed by atoms with E-state index in [1.54, 1.807) is 23.5 Å². The summed E-state index contributed by atoms with van der Waals surface area (Å²) in [5.41, 5.74) is 2.17. The Bertz CT molecular complexity index is 751. The fourth-order valence-corrected chi connectivity index (χ4v) is 4.31. The predicted octanol–water partition coefficient (Wildman–Crippen LogP) is 3.50. The van der Waals surface area contributed by atoms with Crippen molar-refractivity contribution in [3.8, 4) is 11.5 Å². The average Bonchev–Trinajstić information content (AvgIpc) is 3.01. The van der Waals surface area contributed by atoms with Crippen LogP contribution in [0.2, 0.25) is 0 Å². The van der Waals surface area contributed by atoms with E-state index in [4.69, 9.17) is 4.74 Å². The second-order valence-electron chi connectivity index (χ2n) is 6.43. The summed E-state index contributed by atoms with van der Waals surface area (Å²) >= 11 is 5.15. The van der Waals surface area contributed by atoms with E-state index < -0.39 is 0 Å². The molecule has 7 heteroatoms. The zero-order chi connectivity index (χ0) is 18.5. The van der Waals surface area contributed by atoms with Crippen molar-refractivity contribution in [2.45, 2.75) is 19.4 Å². The van der Waals surface area contributed by atoms with Crippen molar-refractivity contribution in [2.24, 2.45) is 0 Å². The molecule has 1 aromatic carbocycles. The minimum absolute atomic E-state index is 0.0643. The molecular weight excluding hydrogens is 416 g/mol. The fourth-order valence-electron chi connectivity index (χ4n) is 3.18. The average molecular weight is 439 g/mol. The molecule has 1 N–H and O–H groups in total. The van der Waals surface area contributed by atoms with Crippen LogP contribution in [0, 0.1) is 0 Å². The van der Waals surface area contributed by atoms with E-state index in [0.717, 1.165) is 49.2 Å². The molecule has 0 bridgehead atoms. The minimum atomic E-state index is 0.0643. The smallest absolute Gasteiger partial charge is 0.227 e. The van der Waals surface area contributed by atoms with Crippen molar-refractivity contribution in [1.29, 1.82) is 0 Å². The summed E-state index contributed by atoms with van der Waals surface area (Å²) in [6.45, 7) is 4.38. The van der Waals surface area contributed by atoms with E-state index >= 15 is 0 Å². The van der Waals surface area contributed by atoms with Crippen LogP contribution in [0.25, 0.3) is 0 Å². The number of amides is 1. The maximum absolute atomic E-state index is 12.8. The molecule has 0 spiro atoms. The van der Waals surface area contributed by atoms with Crippen LogP contribution in [-0.4, -0.2) is 54.1 Å². The van der Waals surface area contributed by atoms with Gasteiger partial charge in [0, 0.05) is 37.2 Å². The predicted molar refractivity (Wildman–Crippen MR) is 107 cm³/mol. The summed E-state index contributed by atoms with van der Waals surface area (Å²) in [6.07, 6.45) is 1.28. The van der Waals surface area contributed by atoms with Gasteiger partial charge in [0.25, 0.3) is 0 Å². The molecule has 2 aromatic rings. The van der Waals surface area contributed by atoms with Gasteiger partial charge in [0.2, 0.25) is 5.91 Å². The SMILES string of the molecule is COc1cc(CC(=O)N2CCCN(Cc3ccsc3)CC2)c(Br)cc1O. The first kappa shape index (κ1) is 19.2. The number of carbonyl (C=O) groups is 1. The van der Waals surface area contributed by atoms with Crippen LogP contribution in [0.5, 0.6) is 11.5 Å². The quantitative estimate of drug-likeness (QED) is 0.775. The molecule has 1 amide bonds. The van der Waals surface area contributed by atoms with Crippen LogP contribution >= 0.6 is 27.3 Å². The number of thiophene rings is 1. The highest BCUT2D eigenvalue weighted by atomic mass is 79.9. The zero-order valence-electron chi connectivity index (χ0n) is 14.8. The topological polar surface area (TPSA) is 53.0 Å². The third-order valence-electron chi connectivity index (χ3n) is 4.62. The van der Waals surface area contributed by atoms with Gasteiger partial charge in [-0.05, 0) is 46.5 Å². The molecule has 2 heterocycles. The molecule has 0 unspecified atom stereocenters. The number of nitrogens with zero attached hydrogens (tertiary/aromatic N) is 2. The summed E-state index contributed by atoms with van der Waals surface area (Å²) in [5.74, 6) is 0.555. The summed E-state index contributed by atoms with van der Waals surface area (Å²) in [4.78, 5) is 17.1. The first-order chi connectivity index (χ1) is 12.6. The molecule has 3 rings (SSSR count). The van der Waals surface area contributed by atoms with Crippen LogP contribution in [0.3, 0.4) is 0 Å². The Morgan fingerprint density at radius 2 is 2.15 bits per heavy atom. The van der Waals surface area contributed by atoms with Crippen molar-refractivity contribution < 1.29 is 14.6 Å². The second kappa shape index (κ2) is 8.88. The fraction of sp³-hybridized carbons (Fsp3) is 0.421. The van der Waals surface area contributed by atoms with Gasteiger partial charge in [-0.1, -0.05) is 15.9 Å². The molecule has 0 aliphatic carbocycles. The van der Waals surface area contributed by atoms with Gasteiger partial charge in [-0.25, -0.2) is 0 Å². The Morgan fingerprint density at radius 3 is 2.88 bits per heavy atom. The maximum Gasteiger partial charge on any atom is 0.227 e. The molecule has 0 atom stereocenters. The van der Waals surface area contributed by atoms with Crippen LogP contribution < -0.4 is 4.74 Å². The number of methoxy groups -OCH3 is 1. The summed E-state index contributed by atoms with van der Waals surface area (Å²) < 4.78 is 5.87. The molecular formula is C19H23BrN2O3S. The van der Waals surface area contributed by atoms with Gasteiger partial charge in [0.15, 0.2) is 11.5 Å². The number of ether oxygens (including phenoxy) is 1. The number of carbonyl (C=O) groups excluding carboxylic acids is 1. The van der Waals surface area contributed by atoms with Crippen LogP contribution in [0.15, 0.2) is 33.4 Å². The van der Waals surface area contributed by atoms with Crippen molar-refractivity contribution in [3.05, 3.63) is 44.6 Å². The van der Waals surface area contributed by atoms with E-state index in [1.807, 2.05) is 4.90 Å². The Balaban J connectivity index is 1.60. The van der Waals surface area contributed by atoms with Crippen LogP contribution in [0.4, 0.5) is 0 Å². The first-order valence-electron chi connectivity index (χ1n) is 8.63. The summed E-state index contributed by atoms with van der Waals surface area (Å²) in [6, 6.07) is 5.46. The van der Waals surface area contributed by atoms with E-state index in [-0.39, 0.29) is 11.7 Å². The Labute approximate surface area is 166 Å². The van der Waals surface area contributed by atoms with E-state index in [0.29, 0.717) is 12.2 Å². The zero-order valence-corrected chi connectivity index (χ0v) is 17.2. The molecule has 1 aromatic heterocycles. The third-order valence-corrected chi connectivity index (χ3v) is 6.09. The largest absolute Gasteiger partial charge is 0.504 e. The summed E-state index contributed by atoms with van der Waals surface area (Å²) in [5, 5.41) is 14.1. The van der Waals surface area contributed by atoms with Gasteiger partial charge >= 0.3 is 0 Å². The minimum Gasteiger partial charge on any atom is -0.504 e. The third kappa shape index (κ3) is 4.78. The molecule has 1 fully saturated rings. The lowest BCUT2D eigenvalue weighted by Gasteiger charge is -2.22. The Hall–Kier alpha value is -1.57. The maximum atomic E-state index is 12.8. The molecule has 0 saturated carbocycles. The number of phenolic OH excluding ortho intramolecular Hbond substituents is 1. The van der Waals surface area contributed by atoms with Gasteiger partial charge in [-0.15, -0.1) is 0 Å². The summed E-state index contributed by atoms with van der Waals surface area (Å²) in [7, 11) is 1.51. The molecule has 0 radical (unpaired) electrons. The lowest BCUT2D eigenvalue weighted by atomic mass is 10.1. The first-order valence-corrected chi connectivity index (χ1v) is 10.4. The number of phenols is 1. The van der Waals surface area contributed by atoms with Crippen molar-refractivity contribution in [2.75, 3.05) is 33.3 Å². The highest BCUT2D eigenvalue weighted by molar-refractivity contribution is 9.10. The van der Waals surface area contributed by atoms with Gasteiger partial charge in [0.05, 0.1) is 13.5 Å². The highest BCUT2D eigenvalue weighted by Gasteiger charge is 2.21. The van der Waals surface area contributed by atoms with Crippen molar-refractivity contribution >= 4 is 33.2 Å². The number of benzene rings is 1. The highest BCUT2D eigenvalue weighted by Crippen LogP contribution is 2.32. The van der Waals surface area contributed by atoms with Crippen molar-refractivity contribution in [3.63, 3.8) is 0 Å². The molecule has 1 aliphatic heterocycles. The van der Waals surface area contributed by atoms with Gasteiger partial charge in [0.1, 0.15) is 0 Å². The normalized spacial score (nSPS) is 15.7. The number of rotatable bonds is 5. The molecule has 5 nitrogen and oxygen atoms in total. The van der Waals surface area contributed by atoms with E-state index in [1.165, 1.54) is 12.7 Å². The Kier molecular flexibility index (Phi) is 6.56. The van der Waals surface area contributed by atoms with Gasteiger partial charge in [-0.3, -0.25) is 9.69 Å². The number of hydrogen-bond acceptors (Lipinski definition) is 5.